The van der Waals surface area contributed by atoms with E-state index in [1.807, 2.05) is 47.4 Å². The molecule has 5 heteroatoms. The molecule has 4 rings (SSSR count). The second-order valence-electron chi connectivity index (χ2n) is 8.44. The SMILES string of the molecule is CC(C1CC1)N(Cc1ccccc1)C(=O)CCS(=O)(=O)c1ccc2c(c1)CCC2. The smallest absolute Gasteiger partial charge is 0.224 e. The normalized spacial score (nSPS) is 17.0. The molecule has 4 nitrogen and oxygen atoms in total. The molecule has 0 aliphatic heterocycles. The van der Waals surface area contributed by atoms with Gasteiger partial charge in [-0.25, -0.2) is 8.42 Å². The van der Waals surface area contributed by atoms with Gasteiger partial charge in [0.05, 0.1) is 10.6 Å². The van der Waals surface area contributed by atoms with E-state index in [-0.39, 0.29) is 24.1 Å². The van der Waals surface area contributed by atoms with Crippen LogP contribution < -0.4 is 0 Å². The van der Waals surface area contributed by atoms with Gasteiger partial charge in [-0.2, -0.15) is 0 Å². The first kappa shape index (κ1) is 20.1. The number of nitrogens with zero attached hydrogens (tertiary/aromatic N) is 1. The van der Waals surface area contributed by atoms with Gasteiger partial charge in [0.1, 0.15) is 0 Å². The van der Waals surface area contributed by atoms with Crippen LogP contribution in [0.4, 0.5) is 0 Å². The van der Waals surface area contributed by atoms with Crippen LogP contribution in [0.5, 0.6) is 0 Å². The number of benzene rings is 2. The number of amides is 1. The van der Waals surface area contributed by atoms with E-state index in [0.29, 0.717) is 17.4 Å². The molecule has 2 aliphatic carbocycles. The Kier molecular flexibility index (Phi) is 5.77. The molecule has 0 N–H and O–H groups in total. The minimum atomic E-state index is -3.46. The Balaban J connectivity index is 1.45. The van der Waals surface area contributed by atoms with E-state index in [2.05, 4.69) is 6.92 Å². The van der Waals surface area contributed by atoms with Crippen molar-refractivity contribution in [3.8, 4) is 0 Å². The summed E-state index contributed by atoms with van der Waals surface area (Å²) in [6.45, 7) is 2.63. The fourth-order valence-electron chi connectivity index (χ4n) is 4.30. The Morgan fingerprint density at radius 3 is 2.52 bits per heavy atom. The van der Waals surface area contributed by atoms with Crippen molar-refractivity contribution < 1.29 is 13.2 Å². The highest BCUT2D eigenvalue weighted by Crippen LogP contribution is 2.36. The first-order valence-corrected chi connectivity index (χ1v) is 12.3. The molecule has 1 atom stereocenters. The summed E-state index contributed by atoms with van der Waals surface area (Å²) in [7, 11) is -3.46. The minimum absolute atomic E-state index is 0.0311. The average Bonchev–Trinajstić information content (AvgIpc) is 3.47. The van der Waals surface area contributed by atoms with Gasteiger partial charge in [-0.05, 0) is 73.8 Å². The summed E-state index contributed by atoms with van der Waals surface area (Å²) in [4.78, 5) is 15.3. The van der Waals surface area contributed by atoms with Gasteiger partial charge in [0.25, 0.3) is 0 Å². The molecule has 0 radical (unpaired) electrons. The molecule has 1 fully saturated rings. The second-order valence-corrected chi connectivity index (χ2v) is 10.5. The number of carbonyl (C=O) groups excluding carboxylic acids is 1. The molecule has 29 heavy (non-hydrogen) atoms. The quantitative estimate of drug-likeness (QED) is 0.655. The van der Waals surface area contributed by atoms with Crippen LogP contribution in [0.15, 0.2) is 53.4 Å². The summed E-state index contributed by atoms with van der Waals surface area (Å²) in [6.07, 6.45) is 5.39. The van der Waals surface area contributed by atoms with E-state index in [1.54, 1.807) is 6.07 Å². The molecule has 0 spiro atoms. The van der Waals surface area contributed by atoms with E-state index in [1.165, 1.54) is 5.56 Å². The summed E-state index contributed by atoms with van der Waals surface area (Å²) < 4.78 is 25.7. The van der Waals surface area contributed by atoms with E-state index >= 15 is 0 Å². The fraction of sp³-hybridized carbons (Fsp3) is 0.458. The molecular formula is C24H29NO3S. The summed E-state index contributed by atoms with van der Waals surface area (Å²) in [5, 5.41) is 0. The van der Waals surface area contributed by atoms with Crippen molar-refractivity contribution in [2.75, 3.05) is 5.75 Å². The maximum Gasteiger partial charge on any atom is 0.224 e. The third-order valence-electron chi connectivity index (χ3n) is 6.33. The number of hydrogen-bond acceptors (Lipinski definition) is 3. The number of sulfone groups is 1. The molecule has 0 heterocycles. The molecule has 154 valence electrons. The number of carbonyl (C=O) groups is 1. The zero-order valence-electron chi connectivity index (χ0n) is 17.0. The monoisotopic (exact) mass is 411 g/mol. The molecule has 2 aliphatic rings. The van der Waals surface area contributed by atoms with Gasteiger partial charge < -0.3 is 4.90 Å². The highest BCUT2D eigenvalue weighted by atomic mass is 32.2. The molecule has 0 saturated heterocycles. The molecule has 1 unspecified atom stereocenters. The first-order chi connectivity index (χ1) is 13.9. The van der Waals surface area contributed by atoms with Crippen LogP contribution >= 0.6 is 0 Å². The van der Waals surface area contributed by atoms with Crippen LogP contribution in [-0.2, 0) is 34.0 Å². The van der Waals surface area contributed by atoms with Crippen molar-refractivity contribution in [2.24, 2.45) is 5.92 Å². The van der Waals surface area contributed by atoms with Crippen LogP contribution in [0.25, 0.3) is 0 Å². The maximum atomic E-state index is 13.0. The van der Waals surface area contributed by atoms with Crippen molar-refractivity contribution in [3.05, 3.63) is 65.2 Å². The van der Waals surface area contributed by atoms with E-state index in [0.717, 1.165) is 43.2 Å². The molecule has 1 amide bonds. The minimum Gasteiger partial charge on any atom is -0.335 e. The Hall–Kier alpha value is -2.14. The lowest BCUT2D eigenvalue weighted by Crippen LogP contribution is -2.40. The maximum absolute atomic E-state index is 13.0. The molecule has 2 aromatic rings. The molecule has 2 aromatic carbocycles. The standard InChI is InChI=1S/C24H29NO3S/c1-18(20-10-11-20)25(17-19-6-3-2-4-7-19)24(26)14-15-29(27,28)23-13-12-21-8-5-9-22(21)16-23/h2-4,6-7,12-13,16,18,20H,5,8-11,14-15,17H2,1H3. The van der Waals surface area contributed by atoms with Gasteiger partial charge in [0.15, 0.2) is 9.84 Å². The fourth-order valence-corrected chi connectivity index (χ4v) is 5.57. The lowest BCUT2D eigenvalue weighted by atomic mass is 10.1. The van der Waals surface area contributed by atoms with Gasteiger partial charge in [-0.1, -0.05) is 36.4 Å². The Labute approximate surface area is 173 Å². The average molecular weight is 412 g/mol. The van der Waals surface area contributed by atoms with E-state index < -0.39 is 9.84 Å². The highest BCUT2D eigenvalue weighted by molar-refractivity contribution is 7.91. The predicted molar refractivity (Wildman–Crippen MR) is 114 cm³/mol. The van der Waals surface area contributed by atoms with Crippen LogP contribution in [0.3, 0.4) is 0 Å². The Morgan fingerprint density at radius 2 is 1.79 bits per heavy atom. The van der Waals surface area contributed by atoms with Gasteiger partial charge in [0.2, 0.25) is 5.91 Å². The van der Waals surface area contributed by atoms with Crippen LogP contribution in [-0.4, -0.2) is 31.0 Å². The molecular weight excluding hydrogens is 382 g/mol. The zero-order valence-corrected chi connectivity index (χ0v) is 17.8. The van der Waals surface area contributed by atoms with Crippen molar-refractivity contribution in [2.45, 2.75) is 62.9 Å². The van der Waals surface area contributed by atoms with Crippen molar-refractivity contribution in [3.63, 3.8) is 0 Å². The third-order valence-corrected chi connectivity index (χ3v) is 8.04. The van der Waals surface area contributed by atoms with Crippen molar-refractivity contribution in [1.29, 1.82) is 0 Å². The first-order valence-electron chi connectivity index (χ1n) is 10.6. The van der Waals surface area contributed by atoms with E-state index in [9.17, 15) is 13.2 Å². The van der Waals surface area contributed by atoms with Gasteiger partial charge in [0, 0.05) is 19.0 Å². The third kappa shape index (κ3) is 4.72. The summed E-state index contributed by atoms with van der Waals surface area (Å²) in [5.41, 5.74) is 3.48. The summed E-state index contributed by atoms with van der Waals surface area (Å²) in [5.74, 6) is 0.335. The van der Waals surface area contributed by atoms with Gasteiger partial charge in [-0.15, -0.1) is 0 Å². The lowest BCUT2D eigenvalue weighted by molar-refractivity contribution is -0.133. The highest BCUT2D eigenvalue weighted by Gasteiger charge is 2.34. The van der Waals surface area contributed by atoms with E-state index in [4.69, 9.17) is 0 Å². The largest absolute Gasteiger partial charge is 0.335 e. The Bertz CT molecular complexity index is 980. The van der Waals surface area contributed by atoms with Gasteiger partial charge >= 0.3 is 0 Å². The molecule has 0 aromatic heterocycles. The van der Waals surface area contributed by atoms with Crippen molar-refractivity contribution in [1.82, 2.24) is 4.90 Å². The van der Waals surface area contributed by atoms with Crippen molar-refractivity contribution >= 4 is 15.7 Å². The van der Waals surface area contributed by atoms with Gasteiger partial charge in [-0.3, -0.25) is 4.79 Å². The summed E-state index contributed by atoms with van der Waals surface area (Å²) in [6, 6.07) is 15.5. The lowest BCUT2D eigenvalue weighted by Gasteiger charge is -2.30. The number of fused-ring (bicyclic) bond motifs is 1. The molecule has 1 saturated carbocycles. The number of rotatable bonds is 8. The number of hydrogen-bond donors (Lipinski definition) is 0. The van der Waals surface area contributed by atoms with Crippen LogP contribution in [0, 0.1) is 5.92 Å². The topological polar surface area (TPSA) is 54.5 Å². The van der Waals surface area contributed by atoms with Crippen LogP contribution in [0.2, 0.25) is 0 Å². The predicted octanol–water partition coefficient (Wildman–Crippen LogP) is 4.17. The molecule has 0 bridgehead atoms. The number of aryl methyl sites for hydroxylation is 2. The Morgan fingerprint density at radius 1 is 1.07 bits per heavy atom. The second kappa shape index (κ2) is 8.31. The summed E-state index contributed by atoms with van der Waals surface area (Å²) >= 11 is 0. The zero-order chi connectivity index (χ0) is 20.4. The van der Waals surface area contributed by atoms with Crippen LogP contribution in [0.1, 0.15) is 49.3 Å².